The van der Waals surface area contributed by atoms with Crippen molar-refractivity contribution < 1.29 is 4.74 Å². The van der Waals surface area contributed by atoms with Gasteiger partial charge in [0.25, 0.3) is 0 Å². The summed E-state index contributed by atoms with van der Waals surface area (Å²) in [7, 11) is 0. The van der Waals surface area contributed by atoms with E-state index in [0.29, 0.717) is 5.41 Å². The lowest BCUT2D eigenvalue weighted by molar-refractivity contribution is 0.0811. The molecule has 102 valence electrons. The van der Waals surface area contributed by atoms with Gasteiger partial charge in [0, 0.05) is 13.2 Å². The van der Waals surface area contributed by atoms with E-state index in [-0.39, 0.29) is 0 Å². The van der Waals surface area contributed by atoms with Crippen LogP contribution < -0.4 is 5.73 Å². The highest BCUT2D eigenvalue weighted by molar-refractivity contribution is 4.69. The third-order valence-corrected chi connectivity index (χ3v) is 4.02. The van der Waals surface area contributed by atoms with E-state index in [1.165, 1.54) is 51.4 Å². The zero-order valence-electron chi connectivity index (χ0n) is 11.8. The molecule has 1 aliphatic carbocycles. The summed E-state index contributed by atoms with van der Waals surface area (Å²) < 4.78 is 5.79. The first kappa shape index (κ1) is 15.0. The van der Waals surface area contributed by atoms with Gasteiger partial charge in [-0.1, -0.05) is 39.5 Å². The quantitative estimate of drug-likeness (QED) is 0.657. The maximum atomic E-state index is 5.79. The van der Waals surface area contributed by atoms with E-state index < -0.39 is 0 Å². The predicted octanol–water partition coefficient (Wildman–Crippen LogP) is 3.74. The fourth-order valence-corrected chi connectivity index (χ4v) is 2.51. The van der Waals surface area contributed by atoms with Gasteiger partial charge in [-0.15, -0.1) is 0 Å². The largest absolute Gasteiger partial charge is 0.381 e. The Morgan fingerprint density at radius 1 is 1.12 bits per heavy atom. The molecule has 0 radical (unpaired) electrons. The second kappa shape index (κ2) is 8.10. The summed E-state index contributed by atoms with van der Waals surface area (Å²) in [4.78, 5) is 0. The highest BCUT2D eigenvalue weighted by Gasteiger charge is 2.15. The molecule has 0 aromatic heterocycles. The molecule has 0 spiro atoms. The fourth-order valence-electron chi connectivity index (χ4n) is 2.51. The molecule has 17 heavy (non-hydrogen) atoms. The zero-order chi connectivity index (χ0) is 12.6. The SMILES string of the molecule is CC(C)(CN)CCCCOCC1CCCCC1. The Kier molecular flexibility index (Phi) is 7.14. The molecule has 0 aromatic rings. The predicted molar refractivity (Wildman–Crippen MR) is 74.1 cm³/mol. The average molecular weight is 241 g/mol. The van der Waals surface area contributed by atoms with Crippen LogP contribution in [0.4, 0.5) is 0 Å². The zero-order valence-corrected chi connectivity index (χ0v) is 11.8. The molecule has 1 aliphatic rings. The van der Waals surface area contributed by atoms with Crippen molar-refractivity contribution in [2.45, 2.75) is 65.2 Å². The van der Waals surface area contributed by atoms with Crippen LogP contribution >= 0.6 is 0 Å². The molecule has 0 bridgehead atoms. The van der Waals surface area contributed by atoms with Crippen molar-refractivity contribution in [2.24, 2.45) is 17.1 Å². The fraction of sp³-hybridized carbons (Fsp3) is 1.00. The molecule has 0 heterocycles. The maximum Gasteiger partial charge on any atom is 0.0494 e. The second-order valence-corrected chi connectivity index (χ2v) is 6.40. The number of rotatable bonds is 8. The van der Waals surface area contributed by atoms with Gasteiger partial charge in [0.05, 0.1) is 0 Å². The van der Waals surface area contributed by atoms with Crippen LogP contribution in [-0.4, -0.2) is 19.8 Å². The van der Waals surface area contributed by atoms with Crippen LogP contribution in [0.15, 0.2) is 0 Å². The van der Waals surface area contributed by atoms with Crippen LogP contribution in [0.5, 0.6) is 0 Å². The first-order valence-electron chi connectivity index (χ1n) is 7.42. The Morgan fingerprint density at radius 2 is 1.82 bits per heavy atom. The summed E-state index contributed by atoms with van der Waals surface area (Å²) in [6.07, 6.45) is 10.7. The minimum atomic E-state index is 0.309. The summed E-state index contributed by atoms with van der Waals surface area (Å²) in [5.74, 6) is 0.851. The van der Waals surface area contributed by atoms with Crippen LogP contribution in [0, 0.1) is 11.3 Å². The average Bonchev–Trinajstić information content (AvgIpc) is 2.35. The standard InChI is InChI=1S/C15H31NO/c1-15(2,13-16)10-6-7-11-17-12-14-8-4-3-5-9-14/h14H,3-13,16H2,1-2H3. The lowest BCUT2D eigenvalue weighted by Crippen LogP contribution is -2.23. The van der Waals surface area contributed by atoms with E-state index in [2.05, 4.69) is 13.8 Å². The Bertz CT molecular complexity index is 185. The smallest absolute Gasteiger partial charge is 0.0494 e. The third-order valence-electron chi connectivity index (χ3n) is 4.02. The van der Waals surface area contributed by atoms with Crippen molar-refractivity contribution in [3.63, 3.8) is 0 Å². The highest BCUT2D eigenvalue weighted by Crippen LogP contribution is 2.24. The molecule has 0 aromatic carbocycles. The summed E-state index contributed by atoms with van der Waals surface area (Å²) >= 11 is 0. The van der Waals surface area contributed by atoms with Crippen molar-refractivity contribution in [1.29, 1.82) is 0 Å². The van der Waals surface area contributed by atoms with Gasteiger partial charge in [0.15, 0.2) is 0 Å². The number of ether oxygens (including phenoxy) is 1. The van der Waals surface area contributed by atoms with Gasteiger partial charge in [-0.05, 0) is 43.6 Å². The molecule has 1 saturated carbocycles. The molecule has 0 unspecified atom stereocenters. The lowest BCUT2D eigenvalue weighted by atomic mass is 9.87. The molecule has 1 fully saturated rings. The topological polar surface area (TPSA) is 35.2 Å². The third kappa shape index (κ3) is 7.05. The summed E-state index contributed by atoms with van der Waals surface area (Å²) in [5, 5.41) is 0. The van der Waals surface area contributed by atoms with E-state index in [1.807, 2.05) is 0 Å². The minimum Gasteiger partial charge on any atom is -0.381 e. The number of hydrogen-bond donors (Lipinski definition) is 1. The lowest BCUT2D eigenvalue weighted by Gasteiger charge is -2.23. The monoisotopic (exact) mass is 241 g/mol. The molecule has 0 atom stereocenters. The van der Waals surface area contributed by atoms with E-state index >= 15 is 0 Å². The molecule has 2 heteroatoms. The van der Waals surface area contributed by atoms with Gasteiger partial charge in [0.2, 0.25) is 0 Å². The Hall–Kier alpha value is -0.0800. The van der Waals surface area contributed by atoms with Crippen LogP contribution in [0.25, 0.3) is 0 Å². The Morgan fingerprint density at radius 3 is 2.47 bits per heavy atom. The molecular weight excluding hydrogens is 210 g/mol. The van der Waals surface area contributed by atoms with Gasteiger partial charge in [-0.3, -0.25) is 0 Å². The summed E-state index contributed by atoms with van der Waals surface area (Å²) in [5.41, 5.74) is 6.02. The van der Waals surface area contributed by atoms with Crippen molar-refractivity contribution in [1.82, 2.24) is 0 Å². The van der Waals surface area contributed by atoms with Crippen LogP contribution in [0.3, 0.4) is 0 Å². The molecule has 0 amide bonds. The van der Waals surface area contributed by atoms with E-state index in [1.54, 1.807) is 0 Å². The van der Waals surface area contributed by atoms with Crippen molar-refractivity contribution in [2.75, 3.05) is 19.8 Å². The second-order valence-electron chi connectivity index (χ2n) is 6.40. The van der Waals surface area contributed by atoms with Gasteiger partial charge < -0.3 is 10.5 Å². The summed E-state index contributed by atoms with van der Waals surface area (Å²) in [6.45, 7) is 7.22. The van der Waals surface area contributed by atoms with E-state index in [0.717, 1.165) is 25.7 Å². The summed E-state index contributed by atoms with van der Waals surface area (Å²) in [6, 6.07) is 0. The van der Waals surface area contributed by atoms with Gasteiger partial charge in [0.1, 0.15) is 0 Å². The van der Waals surface area contributed by atoms with Gasteiger partial charge in [-0.25, -0.2) is 0 Å². The van der Waals surface area contributed by atoms with Crippen LogP contribution in [0.2, 0.25) is 0 Å². The normalized spacial score (nSPS) is 18.5. The van der Waals surface area contributed by atoms with Crippen molar-refractivity contribution in [3.8, 4) is 0 Å². The minimum absolute atomic E-state index is 0.309. The first-order chi connectivity index (χ1) is 8.14. The molecular formula is C15H31NO. The van der Waals surface area contributed by atoms with Gasteiger partial charge in [-0.2, -0.15) is 0 Å². The van der Waals surface area contributed by atoms with E-state index in [4.69, 9.17) is 10.5 Å². The maximum absolute atomic E-state index is 5.79. The molecule has 2 N–H and O–H groups in total. The molecule has 0 saturated heterocycles. The number of hydrogen-bond acceptors (Lipinski definition) is 2. The highest BCUT2D eigenvalue weighted by atomic mass is 16.5. The van der Waals surface area contributed by atoms with Crippen LogP contribution in [0.1, 0.15) is 65.2 Å². The molecule has 1 rings (SSSR count). The molecule has 2 nitrogen and oxygen atoms in total. The Labute approximate surface area is 107 Å². The van der Waals surface area contributed by atoms with Gasteiger partial charge >= 0.3 is 0 Å². The first-order valence-corrected chi connectivity index (χ1v) is 7.42. The number of nitrogens with two attached hydrogens (primary N) is 1. The van der Waals surface area contributed by atoms with E-state index in [9.17, 15) is 0 Å². The van der Waals surface area contributed by atoms with Crippen molar-refractivity contribution >= 4 is 0 Å². The number of unbranched alkanes of at least 4 members (excludes halogenated alkanes) is 1. The van der Waals surface area contributed by atoms with Crippen molar-refractivity contribution in [3.05, 3.63) is 0 Å². The Balaban J connectivity index is 1.90. The van der Waals surface area contributed by atoms with Crippen LogP contribution in [-0.2, 0) is 4.74 Å². The molecule has 0 aliphatic heterocycles.